The average Bonchev–Trinajstić information content (AvgIpc) is 2.86. The summed E-state index contributed by atoms with van der Waals surface area (Å²) in [6.45, 7) is 2.07. The van der Waals surface area contributed by atoms with E-state index in [0.29, 0.717) is 31.8 Å². The number of hydrogen-bond donors (Lipinski definition) is 0. The number of ether oxygens (including phenoxy) is 1. The normalized spacial score (nSPS) is 26.1. The van der Waals surface area contributed by atoms with Crippen LogP contribution in [0.2, 0.25) is 0 Å². The number of alkyl halides is 3. The molecule has 2 unspecified atom stereocenters. The monoisotopic (exact) mass is 336 g/mol. The third kappa shape index (κ3) is 5.00. The molecule has 0 spiro atoms. The van der Waals surface area contributed by atoms with E-state index < -0.39 is 24.9 Å². The smallest absolute Gasteiger partial charge is 0.422 e. The second-order valence-electron chi connectivity index (χ2n) is 6.38. The van der Waals surface area contributed by atoms with Crippen molar-refractivity contribution < 1.29 is 27.5 Å². The molecule has 0 aromatic carbocycles. The van der Waals surface area contributed by atoms with E-state index in [9.17, 15) is 22.8 Å². The second-order valence-corrected chi connectivity index (χ2v) is 6.38. The summed E-state index contributed by atoms with van der Waals surface area (Å²) in [6, 6.07) is -0.691. The van der Waals surface area contributed by atoms with Gasteiger partial charge in [0.05, 0.1) is 0 Å². The largest absolute Gasteiger partial charge is 0.440 e. The average molecular weight is 336 g/mol. The standard InChI is InChI=1S/C15H23F3N2O3/c1-11-4-2-7-19(9-6-11)13(21)12-5-3-8-20(12)14(22)23-10-15(16,17)18/h11-12H,2-10H2,1H3. The van der Waals surface area contributed by atoms with Gasteiger partial charge in [-0.1, -0.05) is 6.92 Å². The van der Waals surface area contributed by atoms with Gasteiger partial charge in [0.1, 0.15) is 6.04 Å². The predicted octanol–water partition coefficient (Wildman–Crippen LogP) is 2.80. The van der Waals surface area contributed by atoms with E-state index in [0.717, 1.165) is 24.2 Å². The fourth-order valence-electron chi connectivity index (χ4n) is 3.16. The van der Waals surface area contributed by atoms with E-state index >= 15 is 0 Å². The molecule has 2 atom stereocenters. The maximum Gasteiger partial charge on any atom is 0.422 e. The second kappa shape index (κ2) is 7.40. The molecule has 132 valence electrons. The number of likely N-dealkylation sites (tertiary alicyclic amines) is 2. The first-order valence-corrected chi connectivity index (χ1v) is 8.07. The summed E-state index contributed by atoms with van der Waals surface area (Å²) in [7, 11) is 0. The lowest BCUT2D eigenvalue weighted by Gasteiger charge is -2.29. The minimum Gasteiger partial charge on any atom is -0.440 e. The van der Waals surface area contributed by atoms with Gasteiger partial charge >= 0.3 is 12.3 Å². The highest BCUT2D eigenvalue weighted by Crippen LogP contribution is 2.24. The Morgan fingerprint density at radius 1 is 1.09 bits per heavy atom. The molecule has 0 aromatic rings. The molecule has 8 heteroatoms. The van der Waals surface area contributed by atoms with Crippen LogP contribution in [0.15, 0.2) is 0 Å². The fourth-order valence-corrected chi connectivity index (χ4v) is 3.16. The van der Waals surface area contributed by atoms with Crippen LogP contribution in [0.5, 0.6) is 0 Å². The number of rotatable bonds is 2. The van der Waals surface area contributed by atoms with Crippen molar-refractivity contribution in [3.05, 3.63) is 0 Å². The molecule has 2 aliphatic heterocycles. The first kappa shape index (κ1) is 17.9. The topological polar surface area (TPSA) is 49.9 Å². The van der Waals surface area contributed by atoms with Crippen LogP contribution in [-0.2, 0) is 9.53 Å². The van der Waals surface area contributed by atoms with Crippen LogP contribution in [0.3, 0.4) is 0 Å². The Morgan fingerprint density at radius 2 is 1.78 bits per heavy atom. The van der Waals surface area contributed by atoms with E-state index in [1.807, 2.05) is 0 Å². The lowest BCUT2D eigenvalue weighted by atomic mass is 10.0. The number of amides is 2. The number of nitrogens with zero attached hydrogens (tertiary/aromatic N) is 2. The van der Waals surface area contributed by atoms with Gasteiger partial charge in [0.25, 0.3) is 0 Å². The molecule has 0 bridgehead atoms. The lowest BCUT2D eigenvalue weighted by molar-refractivity contribution is -0.163. The number of halogens is 3. The fraction of sp³-hybridized carbons (Fsp3) is 0.867. The Hall–Kier alpha value is -1.47. The Bertz CT molecular complexity index is 442. The van der Waals surface area contributed by atoms with Gasteiger partial charge in [0.15, 0.2) is 6.61 Å². The van der Waals surface area contributed by atoms with Crippen molar-refractivity contribution in [2.75, 3.05) is 26.2 Å². The summed E-state index contributed by atoms with van der Waals surface area (Å²) in [4.78, 5) is 27.4. The predicted molar refractivity (Wildman–Crippen MR) is 76.7 cm³/mol. The molecule has 2 amide bonds. The van der Waals surface area contributed by atoms with Gasteiger partial charge in [-0.3, -0.25) is 9.69 Å². The number of hydrogen-bond acceptors (Lipinski definition) is 3. The summed E-state index contributed by atoms with van der Waals surface area (Å²) in [5.74, 6) is 0.393. The molecule has 0 radical (unpaired) electrons. The van der Waals surface area contributed by atoms with Gasteiger partial charge in [-0.05, 0) is 38.0 Å². The zero-order valence-corrected chi connectivity index (χ0v) is 13.3. The first-order valence-electron chi connectivity index (χ1n) is 8.07. The zero-order valence-electron chi connectivity index (χ0n) is 13.3. The molecular formula is C15H23F3N2O3. The van der Waals surface area contributed by atoms with Crippen LogP contribution in [-0.4, -0.2) is 60.3 Å². The lowest BCUT2D eigenvalue weighted by Crippen LogP contribution is -2.48. The van der Waals surface area contributed by atoms with Gasteiger partial charge in [-0.2, -0.15) is 13.2 Å². The highest BCUT2D eigenvalue weighted by molar-refractivity contribution is 5.86. The van der Waals surface area contributed by atoms with E-state index in [1.54, 1.807) is 4.90 Å². The Kier molecular flexibility index (Phi) is 5.75. The first-order chi connectivity index (χ1) is 10.8. The van der Waals surface area contributed by atoms with Crippen molar-refractivity contribution in [1.29, 1.82) is 0 Å². The summed E-state index contributed by atoms with van der Waals surface area (Å²) in [6.07, 6.45) is -1.65. The number of carbonyl (C=O) groups is 2. The van der Waals surface area contributed by atoms with Gasteiger partial charge in [0, 0.05) is 19.6 Å². The Balaban J connectivity index is 1.94. The minimum atomic E-state index is -4.56. The minimum absolute atomic E-state index is 0.166. The molecule has 2 heterocycles. The van der Waals surface area contributed by atoms with Crippen LogP contribution in [0.1, 0.15) is 39.0 Å². The molecule has 2 fully saturated rings. The van der Waals surface area contributed by atoms with Crippen molar-refractivity contribution in [3.8, 4) is 0 Å². The third-order valence-electron chi connectivity index (χ3n) is 4.46. The van der Waals surface area contributed by atoms with Crippen LogP contribution < -0.4 is 0 Å². The molecule has 0 aromatic heterocycles. The van der Waals surface area contributed by atoms with Crippen LogP contribution in [0, 0.1) is 5.92 Å². The molecule has 5 nitrogen and oxygen atoms in total. The zero-order chi connectivity index (χ0) is 17.0. The van der Waals surface area contributed by atoms with E-state index in [-0.39, 0.29) is 12.5 Å². The van der Waals surface area contributed by atoms with Crippen molar-refractivity contribution >= 4 is 12.0 Å². The summed E-state index contributed by atoms with van der Waals surface area (Å²) < 4.78 is 40.8. The molecule has 2 aliphatic rings. The third-order valence-corrected chi connectivity index (χ3v) is 4.46. The molecular weight excluding hydrogens is 313 g/mol. The molecule has 0 saturated carbocycles. The van der Waals surface area contributed by atoms with Crippen molar-refractivity contribution in [1.82, 2.24) is 9.80 Å². The van der Waals surface area contributed by atoms with Crippen molar-refractivity contribution in [2.45, 2.75) is 51.2 Å². The van der Waals surface area contributed by atoms with Gasteiger partial charge in [-0.15, -0.1) is 0 Å². The maximum absolute atomic E-state index is 12.6. The van der Waals surface area contributed by atoms with E-state index in [1.165, 1.54) is 0 Å². The summed E-state index contributed by atoms with van der Waals surface area (Å²) in [5.41, 5.74) is 0. The van der Waals surface area contributed by atoms with Gasteiger partial charge in [0.2, 0.25) is 5.91 Å². The van der Waals surface area contributed by atoms with E-state index in [2.05, 4.69) is 11.7 Å². The Labute approximate surface area is 133 Å². The van der Waals surface area contributed by atoms with E-state index in [4.69, 9.17) is 0 Å². The SMILES string of the molecule is CC1CCCN(C(=O)C2CCCN2C(=O)OCC(F)(F)F)CC1. The highest BCUT2D eigenvalue weighted by Gasteiger charge is 2.39. The Morgan fingerprint density at radius 3 is 2.48 bits per heavy atom. The maximum atomic E-state index is 12.6. The number of carbonyl (C=O) groups excluding carboxylic acids is 2. The van der Waals surface area contributed by atoms with Crippen LogP contribution in [0.25, 0.3) is 0 Å². The quantitative estimate of drug-likeness (QED) is 0.779. The summed E-state index contributed by atoms with van der Waals surface area (Å²) >= 11 is 0. The molecule has 0 N–H and O–H groups in total. The van der Waals surface area contributed by atoms with Crippen molar-refractivity contribution in [3.63, 3.8) is 0 Å². The van der Waals surface area contributed by atoms with Crippen LogP contribution >= 0.6 is 0 Å². The van der Waals surface area contributed by atoms with Crippen molar-refractivity contribution in [2.24, 2.45) is 5.92 Å². The molecule has 23 heavy (non-hydrogen) atoms. The summed E-state index contributed by atoms with van der Waals surface area (Å²) in [5, 5.41) is 0. The van der Waals surface area contributed by atoms with Gasteiger partial charge < -0.3 is 9.64 Å². The van der Waals surface area contributed by atoms with Gasteiger partial charge in [-0.25, -0.2) is 4.79 Å². The molecule has 2 saturated heterocycles. The molecule has 0 aliphatic carbocycles. The highest BCUT2D eigenvalue weighted by atomic mass is 19.4. The van der Waals surface area contributed by atoms with Crippen LogP contribution in [0.4, 0.5) is 18.0 Å². The molecule has 2 rings (SSSR count).